The molecule has 33 heavy (non-hydrogen) atoms. The molecule has 0 radical (unpaired) electrons. The van der Waals surface area contributed by atoms with Gasteiger partial charge in [-0.15, -0.1) is 0 Å². The molecule has 3 aromatic carbocycles. The highest BCUT2D eigenvalue weighted by Gasteiger charge is 2.37. The normalized spacial score (nSPS) is 17.5. The van der Waals surface area contributed by atoms with Crippen LogP contribution in [0.2, 0.25) is 0 Å². The Labute approximate surface area is 189 Å². The molecule has 7 heteroatoms. The molecule has 1 amide bonds. The van der Waals surface area contributed by atoms with Crippen LogP contribution in [-0.2, 0) is 4.79 Å². The van der Waals surface area contributed by atoms with E-state index in [9.17, 15) is 28.3 Å². The second-order valence-electron chi connectivity index (χ2n) is 8.11. The topological polar surface area (TPSA) is 83.5 Å². The lowest BCUT2D eigenvalue weighted by Crippen LogP contribution is -2.25. The van der Waals surface area contributed by atoms with Crippen LogP contribution in [0.5, 0.6) is 0 Å². The van der Waals surface area contributed by atoms with E-state index in [2.05, 4.69) is 5.32 Å². The maximum absolute atomic E-state index is 13.3. The van der Waals surface area contributed by atoms with Crippen LogP contribution < -0.4 is 5.32 Å². The molecule has 0 aromatic heterocycles. The van der Waals surface area contributed by atoms with E-state index in [0.29, 0.717) is 30.2 Å². The minimum Gasteiger partial charge on any atom is -0.481 e. The first kappa shape index (κ1) is 22.3. The number of carboxylic acids is 1. The lowest BCUT2D eigenvalue weighted by atomic mass is 9.88. The fourth-order valence-corrected chi connectivity index (χ4v) is 4.24. The van der Waals surface area contributed by atoms with E-state index in [1.807, 2.05) is 0 Å². The third kappa shape index (κ3) is 4.98. The molecule has 4 rings (SSSR count). The van der Waals surface area contributed by atoms with Crippen LogP contribution in [0.25, 0.3) is 11.1 Å². The number of rotatable bonds is 6. The molecule has 0 heterocycles. The molecule has 5 nitrogen and oxygen atoms in total. The van der Waals surface area contributed by atoms with E-state index in [4.69, 9.17) is 0 Å². The minimum atomic E-state index is -0.919. The van der Waals surface area contributed by atoms with Crippen LogP contribution in [0.15, 0.2) is 66.7 Å². The average molecular weight is 449 g/mol. The van der Waals surface area contributed by atoms with Gasteiger partial charge in [0.1, 0.15) is 11.6 Å². The van der Waals surface area contributed by atoms with Gasteiger partial charge in [0.2, 0.25) is 0 Å². The Balaban J connectivity index is 1.44. The summed E-state index contributed by atoms with van der Waals surface area (Å²) in [7, 11) is 0. The monoisotopic (exact) mass is 449 g/mol. The van der Waals surface area contributed by atoms with Crippen molar-refractivity contribution in [1.82, 2.24) is 0 Å². The number of benzene rings is 3. The molecule has 2 N–H and O–H groups in total. The van der Waals surface area contributed by atoms with Crippen molar-refractivity contribution < 1.29 is 28.3 Å². The molecule has 1 fully saturated rings. The number of aliphatic carboxylic acids is 1. The number of ketones is 1. The van der Waals surface area contributed by atoms with Crippen molar-refractivity contribution in [2.45, 2.75) is 19.3 Å². The van der Waals surface area contributed by atoms with E-state index in [1.165, 1.54) is 0 Å². The summed E-state index contributed by atoms with van der Waals surface area (Å²) >= 11 is 0. The molecular formula is C26H21F2NO4. The Morgan fingerprint density at radius 2 is 1.30 bits per heavy atom. The first-order valence-corrected chi connectivity index (χ1v) is 10.6. The van der Waals surface area contributed by atoms with E-state index in [1.54, 1.807) is 48.5 Å². The Bertz CT molecular complexity index is 1190. The highest BCUT2D eigenvalue weighted by atomic mass is 19.1. The lowest BCUT2D eigenvalue weighted by molar-refractivity contribution is -0.142. The summed E-state index contributed by atoms with van der Waals surface area (Å²) in [5, 5.41) is 11.9. The van der Waals surface area contributed by atoms with Gasteiger partial charge in [-0.25, -0.2) is 8.78 Å². The number of carbonyl (C=O) groups is 3. The maximum Gasteiger partial charge on any atom is 0.307 e. The number of carbonyl (C=O) groups excluding carboxylic acids is 2. The van der Waals surface area contributed by atoms with Crippen LogP contribution in [0.1, 0.15) is 40.0 Å². The molecule has 2 atom stereocenters. The highest BCUT2D eigenvalue weighted by Crippen LogP contribution is 2.35. The van der Waals surface area contributed by atoms with Gasteiger partial charge in [0, 0.05) is 28.8 Å². The number of amides is 1. The van der Waals surface area contributed by atoms with E-state index in [0.717, 1.165) is 29.7 Å². The molecule has 1 aliphatic carbocycles. The Kier molecular flexibility index (Phi) is 6.31. The Hall–Kier alpha value is -3.87. The number of nitrogens with one attached hydrogen (secondary N) is 1. The fourth-order valence-electron chi connectivity index (χ4n) is 4.24. The Morgan fingerprint density at radius 1 is 0.758 bits per heavy atom. The lowest BCUT2D eigenvalue weighted by Gasteiger charge is -2.14. The van der Waals surface area contributed by atoms with Gasteiger partial charge in [0.15, 0.2) is 5.78 Å². The predicted octanol–water partition coefficient (Wildman–Crippen LogP) is 5.57. The number of anilines is 1. The summed E-state index contributed by atoms with van der Waals surface area (Å²) < 4.78 is 26.6. The molecular weight excluding hydrogens is 428 g/mol. The van der Waals surface area contributed by atoms with Gasteiger partial charge in [-0.2, -0.15) is 0 Å². The minimum absolute atomic E-state index is 0.121. The standard InChI is InChI=1S/C26H21F2NO4/c27-19-12-18(13-20(28)14-19)25(31)29-21-10-8-16(9-11-21)15-4-6-17(7-5-15)24(30)22-2-1-3-23(22)26(32)33/h4-14,22-23H,1-3H2,(H,29,31)(H,32,33)/t22-,23-/m1/s1. The van der Waals surface area contributed by atoms with Gasteiger partial charge < -0.3 is 10.4 Å². The molecule has 3 aromatic rings. The van der Waals surface area contributed by atoms with Crippen molar-refractivity contribution in [3.05, 3.63) is 89.5 Å². The zero-order valence-electron chi connectivity index (χ0n) is 17.6. The van der Waals surface area contributed by atoms with Gasteiger partial charge in [-0.05, 0) is 48.2 Å². The van der Waals surface area contributed by atoms with Crippen molar-refractivity contribution in [1.29, 1.82) is 0 Å². The van der Waals surface area contributed by atoms with Gasteiger partial charge in [0.25, 0.3) is 5.91 Å². The van der Waals surface area contributed by atoms with Crippen LogP contribution in [-0.4, -0.2) is 22.8 Å². The van der Waals surface area contributed by atoms with E-state index >= 15 is 0 Å². The molecule has 0 bridgehead atoms. The van der Waals surface area contributed by atoms with Crippen molar-refractivity contribution in [2.24, 2.45) is 11.8 Å². The second kappa shape index (κ2) is 9.32. The first-order chi connectivity index (χ1) is 15.8. The zero-order valence-corrected chi connectivity index (χ0v) is 17.6. The van der Waals surface area contributed by atoms with Crippen LogP contribution >= 0.6 is 0 Å². The van der Waals surface area contributed by atoms with Crippen molar-refractivity contribution >= 4 is 23.3 Å². The van der Waals surface area contributed by atoms with Gasteiger partial charge in [0.05, 0.1) is 5.92 Å². The Morgan fingerprint density at radius 3 is 1.88 bits per heavy atom. The highest BCUT2D eigenvalue weighted by molar-refractivity contribution is 6.04. The van der Waals surface area contributed by atoms with Gasteiger partial charge >= 0.3 is 5.97 Å². The third-order valence-corrected chi connectivity index (χ3v) is 5.94. The number of hydrogen-bond acceptors (Lipinski definition) is 3. The summed E-state index contributed by atoms with van der Waals surface area (Å²) in [6, 6.07) is 16.5. The smallest absolute Gasteiger partial charge is 0.307 e. The van der Waals surface area contributed by atoms with Crippen molar-refractivity contribution in [3.63, 3.8) is 0 Å². The number of halogens is 2. The molecule has 0 spiro atoms. The number of carboxylic acid groups (broad SMARTS) is 1. The summed E-state index contributed by atoms with van der Waals surface area (Å²) in [5.41, 5.74) is 2.51. The van der Waals surface area contributed by atoms with Crippen molar-refractivity contribution in [2.75, 3.05) is 5.32 Å². The molecule has 0 saturated heterocycles. The van der Waals surface area contributed by atoms with Gasteiger partial charge in [-0.3, -0.25) is 14.4 Å². The molecule has 1 aliphatic rings. The first-order valence-electron chi connectivity index (χ1n) is 10.6. The average Bonchev–Trinajstić information content (AvgIpc) is 3.29. The summed E-state index contributed by atoms with van der Waals surface area (Å²) in [6.45, 7) is 0. The maximum atomic E-state index is 13.3. The molecule has 0 aliphatic heterocycles. The van der Waals surface area contributed by atoms with Crippen molar-refractivity contribution in [3.8, 4) is 11.1 Å². The van der Waals surface area contributed by atoms with Gasteiger partial charge in [-0.1, -0.05) is 42.8 Å². The molecule has 168 valence electrons. The molecule has 1 saturated carbocycles. The van der Waals surface area contributed by atoms with Crippen LogP contribution in [0, 0.1) is 23.5 Å². The summed E-state index contributed by atoms with van der Waals surface area (Å²) in [6.07, 6.45) is 1.86. The zero-order chi connectivity index (χ0) is 23.5. The van der Waals surface area contributed by atoms with E-state index < -0.39 is 35.3 Å². The summed E-state index contributed by atoms with van der Waals surface area (Å²) in [4.78, 5) is 36.4. The third-order valence-electron chi connectivity index (χ3n) is 5.94. The number of Topliss-reactive ketones (excluding diaryl/α,β-unsaturated/α-hetero) is 1. The summed E-state index contributed by atoms with van der Waals surface area (Å²) in [5.74, 6) is -4.45. The number of hydrogen-bond donors (Lipinski definition) is 2. The predicted molar refractivity (Wildman–Crippen MR) is 119 cm³/mol. The fraction of sp³-hybridized carbons (Fsp3) is 0.192. The van der Waals surface area contributed by atoms with Crippen LogP contribution in [0.3, 0.4) is 0 Å². The SMILES string of the molecule is O=C(Nc1ccc(-c2ccc(C(=O)[C@@H]3CCC[C@H]3C(=O)O)cc2)cc1)c1cc(F)cc(F)c1. The van der Waals surface area contributed by atoms with Crippen LogP contribution in [0.4, 0.5) is 14.5 Å². The quantitative estimate of drug-likeness (QED) is 0.482. The molecule has 0 unspecified atom stereocenters. The largest absolute Gasteiger partial charge is 0.481 e. The second-order valence-corrected chi connectivity index (χ2v) is 8.11. The van der Waals surface area contributed by atoms with E-state index in [-0.39, 0.29) is 11.3 Å².